The van der Waals surface area contributed by atoms with Crippen LogP contribution in [-0.2, 0) is 0 Å². The van der Waals surface area contributed by atoms with Gasteiger partial charge < -0.3 is 4.74 Å². The molecule has 0 fully saturated rings. The number of hydrazone groups is 1. The lowest BCUT2D eigenvalue weighted by Crippen LogP contribution is -1.96. The smallest absolute Gasteiger partial charge is 0.203 e. The van der Waals surface area contributed by atoms with Crippen LogP contribution in [0.2, 0.25) is 5.02 Å². The molecular weight excluding hydrogens is 366 g/mol. The van der Waals surface area contributed by atoms with Crippen LogP contribution in [0.4, 0.5) is 5.13 Å². The maximum absolute atomic E-state index is 5.92. The second kappa shape index (κ2) is 9.36. The van der Waals surface area contributed by atoms with Gasteiger partial charge in [-0.15, -0.1) is 11.3 Å². The van der Waals surface area contributed by atoms with E-state index in [0.717, 1.165) is 47.2 Å². The zero-order chi connectivity index (χ0) is 18.2. The van der Waals surface area contributed by atoms with Crippen molar-refractivity contribution in [3.8, 4) is 17.0 Å². The molecule has 0 radical (unpaired) electrons. The fraction of sp³-hybridized carbons (Fsp3) is 0.200. The Morgan fingerprint density at radius 2 is 1.92 bits per heavy atom. The fourth-order valence-electron chi connectivity index (χ4n) is 2.22. The Bertz CT molecular complexity index is 844. The monoisotopic (exact) mass is 385 g/mol. The van der Waals surface area contributed by atoms with Crippen molar-refractivity contribution >= 4 is 34.3 Å². The molecule has 2 aromatic carbocycles. The molecule has 1 heterocycles. The molecule has 0 saturated heterocycles. The van der Waals surface area contributed by atoms with E-state index in [0.29, 0.717) is 5.02 Å². The standard InChI is InChI=1S/C20H20ClN3OS/c1-2-3-12-25-18-10-4-15(5-11-18)13-22-24-20-23-19(14-26-20)16-6-8-17(21)9-7-16/h4-11,13-14H,2-3,12H2,1H3,(H,23,24)/b22-13-. The summed E-state index contributed by atoms with van der Waals surface area (Å²) in [6, 6.07) is 15.5. The van der Waals surface area contributed by atoms with Gasteiger partial charge in [0.2, 0.25) is 5.13 Å². The normalized spacial score (nSPS) is 11.0. The number of anilines is 1. The van der Waals surface area contributed by atoms with E-state index < -0.39 is 0 Å². The number of unbranched alkanes of at least 4 members (excludes halogenated alkanes) is 1. The number of rotatable bonds is 8. The molecule has 0 bridgehead atoms. The number of aromatic nitrogens is 1. The number of hydrogen-bond acceptors (Lipinski definition) is 5. The van der Waals surface area contributed by atoms with Crippen LogP contribution < -0.4 is 10.2 Å². The molecule has 4 nitrogen and oxygen atoms in total. The van der Waals surface area contributed by atoms with Crippen LogP contribution in [-0.4, -0.2) is 17.8 Å². The van der Waals surface area contributed by atoms with Crippen molar-refractivity contribution < 1.29 is 4.74 Å². The van der Waals surface area contributed by atoms with Crippen LogP contribution in [0.3, 0.4) is 0 Å². The number of thiazole rings is 1. The summed E-state index contributed by atoms with van der Waals surface area (Å²) in [5.41, 5.74) is 5.90. The predicted molar refractivity (Wildman–Crippen MR) is 111 cm³/mol. The quantitative estimate of drug-likeness (QED) is 0.290. The second-order valence-electron chi connectivity index (χ2n) is 5.69. The molecule has 0 saturated carbocycles. The number of ether oxygens (including phenoxy) is 1. The van der Waals surface area contributed by atoms with Crippen molar-refractivity contribution in [1.29, 1.82) is 0 Å². The van der Waals surface area contributed by atoms with Gasteiger partial charge >= 0.3 is 0 Å². The van der Waals surface area contributed by atoms with Gasteiger partial charge in [0, 0.05) is 16.0 Å². The Morgan fingerprint density at radius 1 is 1.15 bits per heavy atom. The van der Waals surface area contributed by atoms with E-state index in [4.69, 9.17) is 16.3 Å². The highest BCUT2D eigenvalue weighted by atomic mass is 35.5. The average molecular weight is 386 g/mol. The molecule has 0 amide bonds. The first-order valence-electron chi connectivity index (χ1n) is 8.48. The van der Waals surface area contributed by atoms with E-state index >= 15 is 0 Å². The third-order valence-corrected chi connectivity index (χ3v) is 4.66. The summed E-state index contributed by atoms with van der Waals surface area (Å²) in [5.74, 6) is 0.885. The first kappa shape index (κ1) is 18.4. The Balaban J connectivity index is 1.54. The van der Waals surface area contributed by atoms with Gasteiger partial charge in [-0.05, 0) is 48.4 Å². The van der Waals surface area contributed by atoms with Gasteiger partial charge in [-0.2, -0.15) is 5.10 Å². The van der Waals surface area contributed by atoms with Crippen molar-refractivity contribution in [2.45, 2.75) is 19.8 Å². The summed E-state index contributed by atoms with van der Waals surface area (Å²) < 4.78 is 5.65. The van der Waals surface area contributed by atoms with Gasteiger partial charge in [-0.25, -0.2) is 4.98 Å². The van der Waals surface area contributed by atoms with Crippen molar-refractivity contribution in [3.63, 3.8) is 0 Å². The zero-order valence-electron chi connectivity index (χ0n) is 14.5. The summed E-state index contributed by atoms with van der Waals surface area (Å²) >= 11 is 7.42. The lowest BCUT2D eigenvalue weighted by Gasteiger charge is -2.04. The van der Waals surface area contributed by atoms with E-state index in [2.05, 4.69) is 22.4 Å². The Morgan fingerprint density at radius 3 is 2.65 bits per heavy atom. The minimum atomic E-state index is 0.716. The molecule has 1 aromatic heterocycles. The highest BCUT2D eigenvalue weighted by Crippen LogP contribution is 2.25. The molecule has 3 aromatic rings. The fourth-order valence-corrected chi connectivity index (χ4v) is 3.02. The zero-order valence-corrected chi connectivity index (χ0v) is 16.1. The summed E-state index contributed by atoms with van der Waals surface area (Å²) in [4.78, 5) is 4.53. The predicted octanol–water partition coefficient (Wildman–Crippen LogP) is 6.09. The van der Waals surface area contributed by atoms with Crippen LogP contribution in [0.1, 0.15) is 25.3 Å². The molecule has 0 aliphatic carbocycles. The lowest BCUT2D eigenvalue weighted by atomic mass is 10.2. The lowest BCUT2D eigenvalue weighted by molar-refractivity contribution is 0.309. The van der Waals surface area contributed by atoms with Crippen molar-refractivity contribution in [2.24, 2.45) is 5.10 Å². The number of benzene rings is 2. The van der Waals surface area contributed by atoms with Crippen molar-refractivity contribution in [1.82, 2.24) is 4.98 Å². The van der Waals surface area contributed by atoms with E-state index in [-0.39, 0.29) is 0 Å². The molecular formula is C20H20ClN3OS. The molecule has 1 N–H and O–H groups in total. The number of nitrogens with zero attached hydrogens (tertiary/aromatic N) is 2. The van der Waals surface area contributed by atoms with Crippen LogP contribution >= 0.6 is 22.9 Å². The SMILES string of the molecule is CCCCOc1ccc(/C=N\Nc2nc(-c3ccc(Cl)cc3)cs2)cc1. The molecule has 0 aliphatic heterocycles. The molecule has 6 heteroatoms. The summed E-state index contributed by atoms with van der Waals surface area (Å²) in [6.07, 6.45) is 3.96. The number of nitrogens with one attached hydrogen (secondary N) is 1. The topological polar surface area (TPSA) is 46.5 Å². The highest BCUT2D eigenvalue weighted by molar-refractivity contribution is 7.14. The summed E-state index contributed by atoms with van der Waals surface area (Å²) in [7, 11) is 0. The van der Waals surface area contributed by atoms with E-state index in [9.17, 15) is 0 Å². The third kappa shape index (κ3) is 5.31. The van der Waals surface area contributed by atoms with E-state index in [1.807, 2.05) is 53.9 Å². The number of halogens is 1. The van der Waals surface area contributed by atoms with Crippen molar-refractivity contribution in [2.75, 3.05) is 12.0 Å². The second-order valence-corrected chi connectivity index (χ2v) is 6.98. The maximum atomic E-state index is 5.92. The molecule has 134 valence electrons. The first-order valence-corrected chi connectivity index (χ1v) is 9.74. The van der Waals surface area contributed by atoms with E-state index in [1.54, 1.807) is 6.21 Å². The largest absolute Gasteiger partial charge is 0.494 e. The number of hydrogen-bond donors (Lipinski definition) is 1. The van der Waals surface area contributed by atoms with E-state index in [1.165, 1.54) is 11.3 Å². The third-order valence-electron chi connectivity index (χ3n) is 3.66. The van der Waals surface area contributed by atoms with Crippen LogP contribution in [0, 0.1) is 0 Å². The van der Waals surface area contributed by atoms with Gasteiger partial charge in [0.15, 0.2) is 0 Å². The van der Waals surface area contributed by atoms with Gasteiger partial charge in [0.1, 0.15) is 5.75 Å². The summed E-state index contributed by atoms with van der Waals surface area (Å²) in [5, 5.41) is 7.70. The molecule has 0 spiro atoms. The van der Waals surface area contributed by atoms with Gasteiger partial charge in [-0.3, -0.25) is 5.43 Å². The van der Waals surface area contributed by atoms with Crippen LogP contribution in [0.5, 0.6) is 5.75 Å². The van der Waals surface area contributed by atoms with Crippen LogP contribution in [0.25, 0.3) is 11.3 Å². The molecule has 26 heavy (non-hydrogen) atoms. The van der Waals surface area contributed by atoms with Gasteiger partial charge in [-0.1, -0.05) is 37.1 Å². The summed E-state index contributed by atoms with van der Waals surface area (Å²) in [6.45, 7) is 2.91. The van der Waals surface area contributed by atoms with Crippen molar-refractivity contribution in [3.05, 3.63) is 64.5 Å². The first-order chi connectivity index (χ1) is 12.7. The average Bonchev–Trinajstić information content (AvgIpc) is 3.13. The minimum absolute atomic E-state index is 0.716. The molecule has 0 aliphatic rings. The highest BCUT2D eigenvalue weighted by Gasteiger charge is 2.03. The van der Waals surface area contributed by atoms with Gasteiger partial charge in [0.25, 0.3) is 0 Å². The Kier molecular flexibility index (Phi) is 6.63. The minimum Gasteiger partial charge on any atom is -0.494 e. The van der Waals surface area contributed by atoms with Crippen LogP contribution in [0.15, 0.2) is 59.0 Å². The van der Waals surface area contributed by atoms with Gasteiger partial charge in [0.05, 0.1) is 18.5 Å². The molecule has 3 rings (SSSR count). The maximum Gasteiger partial charge on any atom is 0.203 e. The Labute approximate surface area is 162 Å². The molecule has 0 atom stereocenters. The molecule has 0 unspecified atom stereocenters. The Hall–Kier alpha value is -2.37.